The van der Waals surface area contributed by atoms with E-state index in [4.69, 9.17) is 5.11 Å². The van der Waals surface area contributed by atoms with Crippen LogP contribution in [0.1, 0.15) is 58.2 Å². The fourth-order valence-corrected chi connectivity index (χ4v) is 2.37. The van der Waals surface area contributed by atoms with E-state index >= 15 is 0 Å². The summed E-state index contributed by atoms with van der Waals surface area (Å²) in [6, 6.07) is 0. The first kappa shape index (κ1) is 15.7. The molecule has 1 aromatic heterocycles. The van der Waals surface area contributed by atoms with E-state index in [1.165, 1.54) is 25.1 Å². The molecule has 0 aliphatic rings. The Kier molecular flexibility index (Phi) is 7.23. The summed E-state index contributed by atoms with van der Waals surface area (Å²) in [6.45, 7) is 6.26. The number of aromatic nitrogens is 2. The van der Waals surface area contributed by atoms with Crippen LogP contribution in [0.3, 0.4) is 0 Å². The lowest BCUT2D eigenvalue weighted by atomic mass is 10.2. The quantitative estimate of drug-likeness (QED) is 0.523. The monoisotopic (exact) mass is 267 g/mol. The summed E-state index contributed by atoms with van der Waals surface area (Å²) >= 11 is 0. The van der Waals surface area contributed by atoms with Gasteiger partial charge in [0.2, 0.25) is 0 Å². The summed E-state index contributed by atoms with van der Waals surface area (Å²) in [5.74, 6) is 0.641. The first-order chi connectivity index (χ1) is 9.19. The van der Waals surface area contributed by atoms with Crippen LogP contribution >= 0.6 is 0 Å². The number of carboxylic acids is 1. The fraction of sp³-hybridized carbons (Fsp3) is 0.733. The number of carbonyl (C=O) groups is 1. The van der Waals surface area contributed by atoms with Gasteiger partial charge in [-0.05, 0) is 19.3 Å². The Morgan fingerprint density at radius 2 is 2.05 bits per heavy atom. The minimum absolute atomic E-state index is 0.250. The van der Waals surface area contributed by atoms with E-state index in [1.54, 1.807) is 0 Å². The number of nitrogens with zero attached hydrogens (tertiary/aromatic N) is 2. The van der Waals surface area contributed by atoms with Crippen molar-refractivity contribution >= 4 is 5.97 Å². The molecule has 0 aromatic carbocycles. The molecule has 4 heteroatoms. The minimum Gasteiger partial charge on any atom is -0.481 e. The molecule has 1 heterocycles. The van der Waals surface area contributed by atoms with Crippen LogP contribution in [0.25, 0.3) is 0 Å². The maximum Gasteiger partial charge on any atom is 0.303 e. The van der Waals surface area contributed by atoms with Gasteiger partial charge >= 0.3 is 5.97 Å². The lowest BCUT2D eigenvalue weighted by molar-refractivity contribution is -0.703. The highest BCUT2D eigenvalue weighted by molar-refractivity contribution is 5.66. The molecule has 1 rings (SSSR count). The van der Waals surface area contributed by atoms with E-state index < -0.39 is 5.97 Å². The van der Waals surface area contributed by atoms with Crippen molar-refractivity contribution < 1.29 is 14.5 Å². The summed E-state index contributed by atoms with van der Waals surface area (Å²) in [7, 11) is 0. The first-order valence-electron chi connectivity index (χ1n) is 7.48. The van der Waals surface area contributed by atoms with Crippen molar-refractivity contribution in [3.05, 3.63) is 18.2 Å². The number of aliphatic carboxylic acids is 1. The molecule has 1 aromatic rings. The Balaban J connectivity index is 2.63. The molecule has 0 saturated heterocycles. The maximum absolute atomic E-state index is 10.6. The van der Waals surface area contributed by atoms with Gasteiger partial charge in [0, 0.05) is 12.8 Å². The Morgan fingerprint density at radius 1 is 1.26 bits per heavy atom. The Bertz CT molecular complexity index is 385. The Hall–Kier alpha value is -1.32. The smallest absolute Gasteiger partial charge is 0.303 e. The molecule has 0 amide bonds. The normalized spacial score (nSPS) is 10.8. The van der Waals surface area contributed by atoms with E-state index in [-0.39, 0.29) is 6.42 Å². The predicted molar refractivity (Wildman–Crippen MR) is 75.0 cm³/mol. The van der Waals surface area contributed by atoms with Crippen LogP contribution in [-0.2, 0) is 24.3 Å². The van der Waals surface area contributed by atoms with Gasteiger partial charge in [0.15, 0.2) is 0 Å². The van der Waals surface area contributed by atoms with E-state index in [2.05, 4.69) is 35.4 Å². The van der Waals surface area contributed by atoms with E-state index in [1.807, 2.05) is 0 Å². The van der Waals surface area contributed by atoms with Gasteiger partial charge in [-0.15, -0.1) is 0 Å². The summed E-state index contributed by atoms with van der Waals surface area (Å²) in [4.78, 5) is 10.6. The van der Waals surface area contributed by atoms with Crippen LogP contribution in [-0.4, -0.2) is 15.6 Å². The van der Waals surface area contributed by atoms with E-state index in [0.29, 0.717) is 6.42 Å². The van der Waals surface area contributed by atoms with Crippen molar-refractivity contribution in [1.29, 1.82) is 0 Å². The molecule has 0 bridgehead atoms. The number of aryl methyl sites for hydroxylation is 2. The highest BCUT2D eigenvalue weighted by atomic mass is 16.4. The molecule has 0 aliphatic heterocycles. The largest absolute Gasteiger partial charge is 0.481 e. The zero-order valence-electron chi connectivity index (χ0n) is 12.3. The van der Waals surface area contributed by atoms with Crippen molar-refractivity contribution in [2.24, 2.45) is 0 Å². The Labute approximate surface area is 116 Å². The van der Waals surface area contributed by atoms with Gasteiger partial charge in [-0.2, -0.15) is 0 Å². The number of unbranched alkanes of at least 4 members (excludes halogenated alkanes) is 2. The third-order valence-electron chi connectivity index (χ3n) is 3.35. The van der Waals surface area contributed by atoms with Gasteiger partial charge in [0.05, 0.1) is 13.1 Å². The van der Waals surface area contributed by atoms with Crippen LogP contribution in [0.4, 0.5) is 0 Å². The van der Waals surface area contributed by atoms with Crippen LogP contribution in [0.5, 0.6) is 0 Å². The molecule has 1 N–H and O–H groups in total. The standard InChI is InChI=1S/C15H26N2O2/c1-3-5-6-8-14-16(10-4-2)12-13-17(14)11-7-9-15(18)19/h12-13H,3-11H2,1-2H3/p+1. The molecule has 0 saturated carbocycles. The Morgan fingerprint density at radius 3 is 2.68 bits per heavy atom. The highest BCUT2D eigenvalue weighted by Crippen LogP contribution is 2.06. The molecule has 0 spiro atoms. The molecule has 4 nitrogen and oxygen atoms in total. The van der Waals surface area contributed by atoms with Gasteiger partial charge < -0.3 is 5.11 Å². The van der Waals surface area contributed by atoms with Crippen molar-refractivity contribution in [3.8, 4) is 0 Å². The highest BCUT2D eigenvalue weighted by Gasteiger charge is 2.16. The lowest BCUT2D eigenvalue weighted by Gasteiger charge is -2.04. The van der Waals surface area contributed by atoms with Gasteiger partial charge in [0.25, 0.3) is 5.82 Å². The first-order valence-corrected chi connectivity index (χ1v) is 7.48. The average Bonchev–Trinajstić information content (AvgIpc) is 2.73. The van der Waals surface area contributed by atoms with E-state index in [9.17, 15) is 4.79 Å². The predicted octanol–water partition coefficient (Wildman–Crippen LogP) is 2.78. The van der Waals surface area contributed by atoms with Gasteiger partial charge in [-0.25, -0.2) is 9.13 Å². The third-order valence-corrected chi connectivity index (χ3v) is 3.35. The van der Waals surface area contributed by atoms with Gasteiger partial charge in [0.1, 0.15) is 12.4 Å². The van der Waals surface area contributed by atoms with Crippen LogP contribution < -0.4 is 4.57 Å². The van der Waals surface area contributed by atoms with Gasteiger partial charge in [-0.1, -0.05) is 26.7 Å². The summed E-state index contributed by atoms with van der Waals surface area (Å²) in [5, 5.41) is 8.71. The maximum atomic E-state index is 10.6. The van der Waals surface area contributed by atoms with E-state index in [0.717, 1.165) is 25.9 Å². The van der Waals surface area contributed by atoms with Crippen LogP contribution in [0, 0.1) is 0 Å². The molecule has 0 aliphatic carbocycles. The molecular weight excluding hydrogens is 240 g/mol. The van der Waals surface area contributed by atoms with Crippen LogP contribution in [0.15, 0.2) is 12.4 Å². The molecule has 108 valence electrons. The number of carboxylic acid groups (broad SMARTS) is 1. The fourth-order valence-electron chi connectivity index (χ4n) is 2.37. The minimum atomic E-state index is -0.707. The molecule has 19 heavy (non-hydrogen) atoms. The molecule has 0 atom stereocenters. The molecule has 0 unspecified atom stereocenters. The number of hydrogen-bond acceptors (Lipinski definition) is 1. The van der Waals surface area contributed by atoms with Crippen molar-refractivity contribution in [2.75, 3.05) is 0 Å². The summed E-state index contributed by atoms with van der Waals surface area (Å²) in [6.07, 6.45) is 11.1. The average molecular weight is 267 g/mol. The zero-order valence-corrected chi connectivity index (χ0v) is 12.3. The topological polar surface area (TPSA) is 46.1 Å². The molecule has 0 fully saturated rings. The third kappa shape index (κ3) is 5.45. The zero-order chi connectivity index (χ0) is 14.1. The second-order valence-corrected chi connectivity index (χ2v) is 5.06. The number of hydrogen-bond donors (Lipinski definition) is 1. The lowest BCUT2D eigenvalue weighted by Crippen LogP contribution is -2.37. The summed E-state index contributed by atoms with van der Waals surface area (Å²) in [5.41, 5.74) is 0. The van der Waals surface area contributed by atoms with Crippen molar-refractivity contribution in [3.63, 3.8) is 0 Å². The molecular formula is C15H27N2O2+. The second-order valence-electron chi connectivity index (χ2n) is 5.06. The van der Waals surface area contributed by atoms with Gasteiger partial charge in [-0.3, -0.25) is 4.79 Å². The summed E-state index contributed by atoms with van der Waals surface area (Å²) < 4.78 is 4.55. The van der Waals surface area contributed by atoms with Crippen molar-refractivity contribution in [1.82, 2.24) is 4.57 Å². The van der Waals surface area contributed by atoms with Crippen molar-refractivity contribution in [2.45, 2.75) is 71.9 Å². The second kappa shape index (κ2) is 8.73. The molecule has 0 radical (unpaired) electrons. The number of imidazole rings is 1. The van der Waals surface area contributed by atoms with Crippen LogP contribution in [0.2, 0.25) is 0 Å². The SMILES string of the molecule is CCCCCc1n(CCCC(=O)O)cc[n+]1CCC. The number of rotatable bonds is 10.